The minimum atomic E-state index is -2.76. The number of carbonyl (C=O) groups excluding carboxylic acids is 1. The van der Waals surface area contributed by atoms with Crippen LogP contribution in [0.5, 0.6) is 0 Å². The van der Waals surface area contributed by atoms with Crippen molar-refractivity contribution < 1.29 is 22.4 Å². The van der Waals surface area contributed by atoms with E-state index < -0.39 is 18.1 Å². The van der Waals surface area contributed by atoms with Crippen molar-refractivity contribution in [3.63, 3.8) is 0 Å². The molecule has 5 rings (SSSR count). The summed E-state index contributed by atoms with van der Waals surface area (Å²) in [4.78, 5) is 22.8. The van der Waals surface area contributed by atoms with Gasteiger partial charge in [0, 0.05) is 23.6 Å². The molecule has 162 valence electrons. The third kappa shape index (κ3) is 3.16. The smallest absolute Gasteiger partial charge is 0.280 e. The van der Waals surface area contributed by atoms with Crippen LogP contribution in [0, 0.1) is 18.6 Å². The van der Waals surface area contributed by atoms with Crippen LogP contribution in [0.4, 0.5) is 17.6 Å². The van der Waals surface area contributed by atoms with Crippen molar-refractivity contribution in [2.45, 2.75) is 57.0 Å². The summed E-state index contributed by atoms with van der Waals surface area (Å²) in [5, 5.41) is 4.14. The highest BCUT2D eigenvalue weighted by atomic mass is 19.3. The van der Waals surface area contributed by atoms with Crippen LogP contribution in [-0.4, -0.2) is 42.5 Å². The average Bonchev–Trinajstić information content (AvgIpc) is 3.33. The summed E-state index contributed by atoms with van der Waals surface area (Å²) in [6.45, 7) is 1.41. The van der Waals surface area contributed by atoms with Crippen molar-refractivity contribution in [1.82, 2.24) is 24.5 Å². The molecule has 2 bridgehead atoms. The second-order valence-corrected chi connectivity index (χ2v) is 8.16. The Labute approximate surface area is 174 Å². The summed E-state index contributed by atoms with van der Waals surface area (Å²) >= 11 is 0. The van der Waals surface area contributed by atoms with Crippen LogP contribution in [0.2, 0.25) is 0 Å². The number of nitrogens with zero attached hydrogens (tertiary/aromatic N) is 5. The maximum atomic E-state index is 13.9. The van der Waals surface area contributed by atoms with Crippen molar-refractivity contribution in [2.24, 2.45) is 0 Å². The Morgan fingerprint density at radius 1 is 1.13 bits per heavy atom. The van der Waals surface area contributed by atoms with Crippen molar-refractivity contribution >= 4 is 11.7 Å². The fraction of sp³-hybridized carbons (Fsp3) is 0.429. The number of alkyl halides is 2. The number of rotatable bonds is 3. The summed E-state index contributed by atoms with van der Waals surface area (Å²) in [6, 6.07) is 3.32. The molecule has 1 amide bonds. The molecule has 0 aliphatic carbocycles. The van der Waals surface area contributed by atoms with E-state index in [1.54, 1.807) is 4.90 Å². The van der Waals surface area contributed by atoms with Crippen LogP contribution in [-0.2, 0) is 0 Å². The van der Waals surface area contributed by atoms with Gasteiger partial charge >= 0.3 is 0 Å². The average molecular weight is 433 g/mol. The van der Waals surface area contributed by atoms with Crippen LogP contribution in [0.25, 0.3) is 5.78 Å². The molecular formula is C21H19F4N5O. The molecular weight excluding hydrogens is 414 g/mol. The second-order valence-electron chi connectivity index (χ2n) is 8.16. The van der Waals surface area contributed by atoms with E-state index >= 15 is 0 Å². The van der Waals surface area contributed by atoms with Gasteiger partial charge < -0.3 is 4.90 Å². The molecule has 2 aliphatic rings. The lowest BCUT2D eigenvalue weighted by molar-refractivity contribution is 0.0553. The molecule has 0 spiro atoms. The van der Waals surface area contributed by atoms with Crippen LogP contribution in [0.1, 0.15) is 65.3 Å². The number of carbonyl (C=O) groups is 1. The Balaban J connectivity index is 1.55. The van der Waals surface area contributed by atoms with Gasteiger partial charge in [-0.05, 0) is 56.4 Å². The lowest BCUT2D eigenvalue weighted by Gasteiger charge is -2.40. The topological polar surface area (TPSA) is 63.4 Å². The second kappa shape index (κ2) is 7.28. The molecule has 3 aromatic rings. The zero-order chi connectivity index (χ0) is 21.9. The van der Waals surface area contributed by atoms with Gasteiger partial charge in [-0.15, -0.1) is 0 Å². The summed E-state index contributed by atoms with van der Waals surface area (Å²) in [7, 11) is 0. The van der Waals surface area contributed by atoms with Crippen molar-refractivity contribution in [3.8, 4) is 0 Å². The number of piperidine rings is 1. The van der Waals surface area contributed by atoms with Crippen LogP contribution < -0.4 is 0 Å². The monoisotopic (exact) mass is 433 g/mol. The van der Waals surface area contributed by atoms with E-state index in [9.17, 15) is 22.4 Å². The van der Waals surface area contributed by atoms with Crippen LogP contribution in [0.3, 0.4) is 0 Å². The SMILES string of the molecule is Cc1cc(C(=O)N2[C@H]3CC[C@H](c4cc(C(F)F)nc5ncnn45)[C@@H]2CC3)cc(F)c1F. The summed E-state index contributed by atoms with van der Waals surface area (Å²) in [5.74, 6) is -2.58. The van der Waals surface area contributed by atoms with Crippen molar-refractivity contribution in [2.75, 3.05) is 0 Å². The van der Waals surface area contributed by atoms with Crippen LogP contribution in [0.15, 0.2) is 24.5 Å². The molecule has 2 aromatic heterocycles. The summed E-state index contributed by atoms with van der Waals surface area (Å²) in [5.41, 5.74) is 0.291. The van der Waals surface area contributed by atoms with Gasteiger partial charge in [-0.25, -0.2) is 27.1 Å². The number of fused-ring (bicyclic) bond motifs is 3. The first kappa shape index (κ1) is 19.9. The molecule has 0 saturated carbocycles. The third-order valence-electron chi connectivity index (χ3n) is 6.42. The number of hydrogen-bond acceptors (Lipinski definition) is 4. The molecule has 2 aliphatic heterocycles. The zero-order valence-electron chi connectivity index (χ0n) is 16.6. The highest BCUT2D eigenvalue weighted by molar-refractivity contribution is 5.95. The van der Waals surface area contributed by atoms with Gasteiger partial charge in [0.15, 0.2) is 11.6 Å². The fourth-order valence-corrected chi connectivity index (χ4v) is 5.05. The lowest BCUT2D eigenvalue weighted by Crippen LogP contribution is -2.47. The molecule has 1 aromatic carbocycles. The van der Waals surface area contributed by atoms with E-state index in [-0.39, 0.29) is 46.5 Å². The van der Waals surface area contributed by atoms with Gasteiger partial charge in [-0.3, -0.25) is 4.79 Å². The standard InChI is InChI=1S/C21H19F4N5O/c1-10-6-11(7-14(22)18(10)23)20(31)29-12-2-4-13(16(29)5-3-12)17-8-15(19(24)25)28-21-26-9-27-30(17)21/h6-9,12-13,16,19H,2-5H2,1H3/t12-,13-,16-/m0/s1. The van der Waals surface area contributed by atoms with Crippen LogP contribution >= 0.6 is 0 Å². The van der Waals surface area contributed by atoms with Gasteiger partial charge in [0.2, 0.25) is 0 Å². The predicted octanol–water partition coefficient (Wildman–Crippen LogP) is 4.20. The van der Waals surface area contributed by atoms with Crippen molar-refractivity contribution in [3.05, 3.63) is 58.7 Å². The lowest BCUT2D eigenvalue weighted by atomic mass is 9.86. The van der Waals surface area contributed by atoms with E-state index in [1.165, 1.54) is 29.9 Å². The Morgan fingerprint density at radius 3 is 2.65 bits per heavy atom. The van der Waals surface area contributed by atoms with Gasteiger partial charge in [0.1, 0.15) is 12.0 Å². The number of amides is 1. The normalized spacial score (nSPS) is 23.2. The number of aromatic nitrogens is 4. The largest absolute Gasteiger partial charge is 0.332 e. The molecule has 0 N–H and O–H groups in total. The first-order chi connectivity index (χ1) is 14.8. The summed E-state index contributed by atoms with van der Waals surface area (Å²) in [6.07, 6.45) is 1.32. The van der Waals surface area contributed by atoms with E-state index in [4.69, 9.17) is 0 Å². The van der Waals surface area contributed by atoms with Crippen molar-refractivity contribution in [1.29, 1.82) is 0 Å². The maximum absolute atomic E-state index is 13.9. The molecule has 10 heteroatoms. The molecule has 31 heavy (non-hydrogen) atoms. The number of aryl methyl sites for hydroxylation is 1. The van der Waals surface area contributed by atoms with Gasteiger partial charge in [0.25, 0.3) is 18.1 Å². The first-order valence-corrected chi connectivity index (χ1v) is 10.1. The van der Waals surface area contributed by atoms with Gasteiger partial charge in [0.05, 0.1) is 5.69 Å². The molecule has 4 heterocycles. The maximum Gasteiger partial charge on any atom is 0.280 e. The Morgan fingerprint density at radius 2 is 1.90 bits per heavy atom. The zero-order valence-corrected chi connectivity index (χ0v) is 16.6. The van der Waals surface area contributed by atoms with E-state index in [0.717, 1.165) is 12.5 Å². The first-order valence-electron chi connectivity index (χ1n) is 10.1. The molecule has 0 radical (unpaired) electrons. The molecule has 3 atom stereocenters. The minimum absolute atomic E-state index is 0.0233. The minimum Gasteiger partial charge on any atom is -0.332 e. The Hall–Kier alpha value is -3.04. The third-order valence-corrected chi connectivity index (χ3v) is 6.42. The quantitative estimate of drug-likeness (QED) is 0.581. The Kier molecular flexibility index (Phi) is 4.67. The fourth-order valence-electron chi connectivity index (χ4n) is 5.05. The van der Waals surface area contributed by atoms with E-state index in [1.807, 2.05) is 0 Å². The molecule has 0 unspecified atom stereocenters. The van der Waals surface area contributed by atoms with Gasteiger partial charge in [-0.2, -0.15) is 10.1 Å². The van der Waals surface area contributed by atoms with E-state index in [2.05, 4.69) is 15.1 Å². The predicted molar refractivity (Wildman–Crippen MR) is 102 cm³/mol. The highest BCUT2D eigenvalue weighted by Gasteiger charge is 2.46. The number of halogens is 4. The van der Waals surface area contributed by atoms with E-state index in [0.29, 0.717) is 25.0 Å². The number of benzene rings is 1. The molecule has 2 saturated heterocycles. The summed E-state index contributed by atoms with van der Waals surface area (Å²) < 4.78 is 55.9. The highest BCUT2D eigenvalue weighted by Crippen LogP contribution is 2.45. The number of hydrogen-bond donors (Lipinski definition) is 0. The Bertz CT molecular complexity index is 1160. The molecule has 2 fully saturated rings. The van der Waals surface area contributed by atoms with Gasteiger partial charge in [-0.1, -0.05) is 0 Å². The molecule has 6 nitrogen and oxygen atoms in total.